The molecule has 2 aliphatic heterocycles. The summed E-state index contributed by atoms with van der Waals surface area (Å²) in [4.78, 5) is 14.0. The van der Waals surface area contributed by atoms with Gasteiger partial charge >= 0.3 is 5.97 Å². The monoisotopic (exact) mass is 984 g/mol. The van der Waals surface area contributed by atoms with Crippen LogP contribution in [0.4, 0.5) is 0 Å². The molecule has 15 N–H and O–H groups in total. The Morgan fingerprint density at radius 2 is 1.31 bits per heavy atom. The lowest BCUT2D eigenvalue weighted by Crippen LogP contribution is -2.66. The second-order valence-corrected chi connectivity index (χ2v) is 20.6. The van der Waals surface area contributed by atoms with E-state index >= 15 is 0 Å². The van der Waals surface area contributed by atoms with Crippen LogP contribution >= 0.6 is 0 Å². The number of aliphatic hydroxyl groups excluding tert-OH is 15. The van der Waals surface area contributed by atoms with Crippen molar-refractivity contribution < 1.29 is 115 Å². The summed E-state index contributed by atoms with van der Waals surface area (Å²) in [7, 11) is 1.18. The molecule has 2 saturated heterocycles. The third kappa shape index (κ3) is 10.3. The SMILES string of the molecule is C=C1C[C@@]23CC[C@H]4[C@@](C)(CCC[C@@]4(C)C(=O)OC[C@@H](O)[C@@H](O)[C@H](O)[C@H](O)CO)[C@@H]2CC[C@]1(O[C@@H]1O[C@H](CO)[C@@H](O)[C@H](O[C@@H]2O[C@H](CO)[C@@H](O)[C@H](O)[C@H]2O)[C@H]1OC[C@H](O)[C@@H](O)[C@H](O)[C@@H](CO)OC)C3. The van der Waals surface area contributed by atoms with E-state index in [1.54, 1.807) is 0 Å². The third-order valence-electron chi connectivity index (χ3n) is 16.7. The summed E-state index contributed by atoms with van der Waals surface area (Å²) in [5, 5.41) is 156. The van der Waals surface area contributed by atoms with Crippen molar-refractivity contribution in [3.05, 3.63) is 12.2 Å². The highest BCUT2D eigenvalue weighted by Crippen LogP contribution is 2.73. The van der Waals surface area contributed by atoms with Crippen molar-refractivity contribution in [1.29, 1.82) is 0 Å². The molecule has 23 nitrogen and oxygen atoms in total. The summed E-state index contributed by atoms with van der Waals surface area (Å²) in [6.07, 6.45) is -25.8. The number of esters is 1. The molecule has 0 aromatic rings. The van der Waals surface area contributed by atoms with E-state index in [-0.39, 0.29) is 17.3 Å². The van der Waals surface area contributed by atoms with Gasteiger partial charge in [-0.2, -0.15) is 0 Å². The second-order valence-electron chi connectivity index (χ2n) is 20.6. The smallest absolute Gasteiger partial charge is 0.312 e. The molecule has 6 fully saturated rings. The fourth-order valence-electron chi connectivity index (χ4n) is 12.8. The van der Waals surface area contributed by atoms with Gasteiger partial charge in [-0.05, 0) is 86.5 Å². The summed E-state index contributed by atoms with van der Waals surface area (Å²) in [6, 6.07) is 0. The van der Waals surface area contributed by atoms with Gasteiger partial charge in [-0.25, -0.2) is 0 Å². The van der Waals surface area contributed by atoms with Crippen LogP contribution in [0.25, 0.3) is 0 Å². The Balaban J connectivity index is 1.24. The maximum Gasteiger partial charge on any atom is 0.312 e. The topological polar surface area (TPSA) is 385 Å². The molecule has 68 heavy (non-hydrogen) atoms. The zero-order valence-electron chi connectivity index (χ0n) is 38.8. The lowest BCUT2D eigenvalue weighted by Gasteiger charge is -2.64. The number of hydrogen-bond acceptors (Lipinski definition) is 23. The predicted molar refractivity (Wildman–Crippen MR) is 228 cm³/mol. The Kier molecular flexibility index (Phi) is 18.2. The molecule has 2 bridgehead atoms. The number of fused-ring (bicyclic) bond motifs is 3. The highest BCUT2D eigenvalue weighted by atomic mass is 16.8. The molecule has 24 atom stereocenters. The molecule has 0 unspecified atom stereocenters. The van der Waals surface area contributed by atoms with E-state index in [0.717, 1.165) is 12.0 Å². The standard InChI is InChI=1S/C45H76O23/c1-20-12-44-10-6-27-42(2,8-5-9-43(27,3)41(61)64-18-23(52)30(54)29(53)21(50)13-46)28(44)7-11-45(20,19-44)68-40-38(63-17-22(51)31(55)32(56)24(14-47)62-4)37(34(58)26(16-49)66-40)67-39-36(60)35(59)33(57)25(15-48)65-39/h21-40,46-60H,1,5-19H2,2-4H3/t21-,22+,23-,24-,25-,26-,27+,28+,29-,30-,31-,32-,33-,34-,35+,36-,37+,38-,39+,40+,42-,43-,44-,45+/m1/s1. The first kappa shape index (κ1) is 55.7. The van der Waals surface area contributed by atoms with Gasteiger partial charge in [0.15, 0.2) is 12.6 Å². The van der Waals surface area contributed by atoms with Gasteiger partial charge in [0.25, 0.3) is 0 Å². The number of hydrogen-bond donors (Lipinski definition) is 15. The van der Waals surface area contributed by atoms with Crippen molar-refractivity contribution in [1.82, 2.24) is 0 Å². The Bertz CT molecular complexity index is 1670. The maximum atomic E-state index is 14.0. The van der Waals surface area contributed by atoms with E-state index in [4.69, 9.17) is 38.3 Å². The van der Waals surface area contributed by atoms with Crippen LogP contribution < -0.4 is 0 Å². The molecular weight excluding hydrogens is 908 g/mol. The van der Waals surface area contributed by atoms with Crippen LogP contribution in [0.15, 0.2) is 12.2 Å². The van der Waals surface area contributed by atoms with Gasteiger partial charge in [-0.1, -0.05) is 19.9 Å². The van der Waals surface area contributed by atoms with Crippen LogP contribution in [0.3, 0.4) is 0 Å². The van der Waals surface area contributed by atoms with Crippen LogP contribution in [0.5, 0.6) is 0 Å². The highest BCUT2D eigenvalue weighted by molar-refractivity contribution is 5.77. The molecular formula is C45H76O23. The summed E-state index contributed by atoms with van der Waals surface area (Å²) < 4.78 is 41.6. The molecule has 6 aliphatic rings. The van der Waals surface area contributed by atoms with Gasteiger partial charge in [0, 0.05) is 7.11 Å². The quantitative estimate of drug-likeness (QED) is 0.0290. The summed E-state index contributed by atoms with van der Waals surface area (Å²) in [5.41, 5.74) is -2.17. The van der Waals surface area contributed by atoms with Crippen LogP contribution in [0, 0.1) is 28.1 Å². The molecule has 0 aromatic heterocycles. The van der Waals surface area contributed by atoms with E-state index in [1.807, 2.05) is 6.92 Å². The lowest BCUT2D eigenvalue weighted by molar-refractivity contribution is -0.375. The highest BCUT2D eigenvalue weighted by Gasteiger charge is 2.69. The number of ether oxygens (including phenoxy) is 7. The average molecular weight is 985 g/mol. The van der Waals surface area contributed by atoms with Crippen LogP contribution in [0.1, 0.15) is 71.6 Å². The van der Waals surface area contributed by atoms with Gasteiger partial charge in [0.1, 0.15) is 104 Å². The first-order chi connectivity index (χ1) is 32.0. The normalized spacial score (nSPS) is 44.1. The van der Waals surface area contributed by atoms with Crippen molar-refractivity contribution in [3.63, 3.8) is 0 Å². The van der Waals surface area contributed by atoms with Gasteiger partial charge in [0.05, 0.1) is 44.1 Å². The molecule has 0 amide bonds. The van der Waals surface area contributed by atoms with Crippen molar-refractivity contribution in [2.24, 2.45) is 28.1 Å². The fraction of sp³-hybridized carbons (Fsp3) is 0.933. The van der Waals surface area contributed by atoms with Crippen LogP contribution in [0.2, 0.25) is 0 Å². The molecule has 2 heterocycles. The molecule has 394 valence electrons. The number of carbonyl (C=O) groups excluding carboxylic acids is 1. The number of methoxy groups -OCH3 is 1. The average Bonchev–Trinajstić information content (AvgIpc) is 3.52. The third-order valence-corrected chi connectivity index (χ3v) is 16.7. The number of rotatable bonds is 21. The lowest BCUT2D eigenvalue weighted by atomic mass is 9.41. The van der Waals surface area contributed by atoms with E-state index in [9.17, 15) is 76.3 Å². The Morgan fingerprint density at radius 3 is 1.94 bits per heavy atom. The van der Waals surface area contributed by atoms with Gasteiger partial charge in [-0.15, -0.1) is 0 Å². The molecule has 4 aliphatic carbocycles. The van der Waals surface area contributed by atoms with E-state index < -0.39 is 172 Å². The van der Waals surface area contributed by atoms with Crippen LogP contribution in [-0.4, -0.2) is 245 Å². The summed E-state index contributed by atoms with van der Waals surface area (Å²) in [5.74, 6) is -0.689. The summed E-state index contributed by atoms with van der Waals surface area (Å²) >= 11 is 0. The molecule has 4 saturated carbocycles. The minimum atomic E-state index is -1.94. The number of aliphatic hydroxyl groups is 15. The van der Waals surface area contributed by atoms with Crippen LogP contribution in [-0.2, 0) is 38.0 Å². The van der Waals surface area contributed by atoms with Gasteiger partial charge in [0.2, 0.25) is 0 Å². The number of carbonyl (C=O) groups is 1. The minimum absolute atomic E-state index is 0.0474. The predicted octanol–water partition coefficient (Wildman–Crippen LogP) is -5.19. The van der Waals surface area contributed by atoms with E-state index in [1.165, 1.54) is 7.11 Å². The molecule has 0 aromatic carbocycles. The van der Waals surface area contributed by atoms with Gasteiger partial charge in [-0.3, -0.25) is 4.79 Å². The van der Waals surface area contributed by atoms with Crippen molar-refractivity contribution in [2.45, 2.75) is 187 Å². The van der Waals surface area contributed by atoms with Crippen molar-refractivity contribution in [2.75, 3.05) is 46.8 Å². The zero-order valence-corrected chi connectivity index (χ0v) is 38.8. The molecule has 6 rings (SSSR count). The largest absolute Gasteiger partial charge is 0.462 e. The molecule has 0 radical (unpaired) electrons. The fourth-order valence-corrected chi connectivity index (χ4v) is 12.8. The maximum absolute atomic E-state index is 14.0. The van der Waals surface area contributed by atoms with E-state index in [0.29, 0.717) is 51.4 Å². The first-order valence-electron chi connectivity index (χ1n) is 23.6. The zero-order chi connectivity index (χ0) is 50.3. The van der Waals surface area contributed by atoms with E-state index in [2.05, 4.69) is 13.5 Å². The Morgan fingerprint density at radius 1 is 0.706 bits per heavy atom. The minimum Gasteiger partial charge on any atom is -0.462 e. The van der Waals surface area contributed by atoms with Crippen molar-refractivity contribution in [3.8, 4) is 0 Å². The van der Waals surface area contributed by atoms with Gasteiger partial charge < -0.3 is 110 Å². The first-order valence-corrected chi connectivity index (χ1v) is 23.6. The summed E-state index contributed by atoms with van der Waals surface area (Å²) in [6.45, 7) is 3.93. The Labute approximate surface area is 394 Å². The Hall–Kier alpha value is -1.63. The van der Waals surface area contributed by atoms with Crippen molar-refractivity contribution >= 4 is 5.97 Å². The molecule has 23 heteroatoms. The second kappa shape index (κ2) is 22.2. The molecule has 1 spiro atoms.